The normalized spacial score (nSPS) is 10.7. The minimum absolute atomic E-state index is 0.00547. The number of nitro benzene ring substituents is 1. The first kappa shape index (κ1) is 17.3. The molecule has 0 saturated carbocycles. The Labute approximate surface area is 130 Å². The van der Waals surface area contributed by atoms with E-state index in [1.807, 2.05) is 0 Å². The number of hydrogen-bond acceptors (Lipinski definition) is 6. The minimum Gasteiger partial charge on any atom is -0.461 e. The second kappa shape index (κ2) is 7.90. The fourth-order valence-electron chi connectivity index (χ4n) is 1.48. The summed E-state index contributed by atoms with van der Waals surface area (Å²) < 4.78 is 4.77. The minimum atomic E-state index is -0.912. The number of ketones is 1. The number of ether oxygens (including phenoxy) is 1. The van der Waals surface area contributed by atoms with Crippen LogP contribution in [0.5, 0.6) is 0 Å². The molecular weight excluding hydrogens is 312 g/mol. The SMILES string of the molecule is CC(=O)/C(=C/c1cc([N+](=O)[O-])ccc1Cl)C(=O)OCCC#N. The molecule has 0 amide bonds. The van der Waals surface area contributed by atoms with Crippen molar-refractivity contribution in [3.05, 3.63) is 44.5 Å². The van der Waals surface area contributed by atoms with Crippen LogP contribution < -0.4 is 0 Å². The van der Waals surface area contributed by atoms with Crippen LogP contribution in [0, 0.1) is 21.4 Å². The molecule has 0 saturated heterocycles. The van der Waals surface area contributed by atoms with Gasteiger partial charge in [0.1, 0.15) is 12.2 Å². The molecule has 0 aliphatic rings. The van der Waals surface area contributed by atoms with E-state index in [-0.39, 0.29) is 34.9 Å². The van der Waals surface area contributed by atoms with E-state index in [1.165, 1.54) is 12.1 Å². The van der Waals surface area contributed by atoms with Gasteiger partial charge in [0, 0.05) is 22.7 Å². The molecule has 1 aromatic rings. The Kier molecular flexibility index (Phi) is 6.23. The van der Waals surface area contributed by atoms with Gasteiger partial charge >= 0.3 is 5.97 Å². The van der Waals surface area contributed by atoms with Gasteiger partial charge in [-0.25, -0.2) is 4.79 Å². The van der Waals surface area contributed by atoms with Crippen LogP contribution in [0.3, 0.4) is 0 Å². The molecule has 0 atom stereocenters. The predicted octanol–water partition coefficient (Wildman–Crippen LogP) is 2.68. The lowest BCUT2D eigenvalue weighted by atomic mass is 10.1. The number of carbonyl (C=O) groups excluding carboxylic acids is 2. The molecule has 7 nitrogen and oxygen atoms in total. The molecule has 0 unspecified atom stereocenters. The van der Waals surface area contributed by atoms with Crippen molar-refractivity contribution in [1.29, 1.82) is 5.26 Å². The third-order valence-corrected chi connectivity index (χ3v) is 2.88. The average molecular weight is 323 g/mol. The molecule has 1 aromatic carbocycles. The van der Waals surface area contributed by atoms with Crippen LogP contribution in [-0.4, -0.2) is 23.3 Å². The molecule has 0 fully saturated rings. The van der Waals surface area contributed by atoms with Crippen LogP contribution in [0.25, 0.3) is 6.08 Å². The quantitative estimate of drug-likeness (QED) is 0.151. The van der Waals surface area contributed by atoms with Gasteiger partial charge in [0.05, 0.1) is 17.4 Å². The van der Waals surface area contributed by atoms with Gasteiger partial charge in [-0.2, -0.15) is 5.26 Å². The van der Waals surface area contributed by atoms with Crippen molar-refractivity contribution < 1.29 is 19.2 Å². The van der Waals surface area contributed by atoms with E-state index in [9.17, 15) is 19.7 Å². The number of non-ortho nitro benzene ring substituents is 1. The molecule has 0 aliphatic carbocycles. The average Bonchev–Trinajstić information content (AvgIpc) is 2.45. The van der Waals surface area contributed by atoms with Crippen LogP contribution in [0.4, 0.5) is 5.69 Å². The van der Waals surface area contributed by atoms with Crippen molar-refractivity contribution in [3.63, 3.8) is 0 Å². The van der Waals surface area contributed by atoms with Gasteiger partial charge < -0.3 is 4.74 Å². The standard InChI is InChI=1S/C14H11ClN2O5/c1-9(18)12(14(19)22-6-2-5-16)8-10-7-11(17(20)21)3-4-13(10)15/h3-4,7-8H,2,6H2,1H3/b12-8-. The Morgan fingerprint density at radius 3 is 2.73 bits per heavy atom. The van der Waals surface area contributed by atoms with Crippen LogP contribution in [0.2, 0.25) is 5.02 Å². The fourth-order valence-corrected chi connectivity index (χ4v) is 1.65. The van der Waals surface area contributed by atoms with Gasteiger partial charge in [-0.15, -0.1) is 0 Å². The lowest BCUT2D eigenvalue weighted by Crippen LogP contribution is -2.14. The van der Waals surface area contributed by atoms with E-state index < -0.39 is 16.7 Å². The molecule has 0 N–H and O–H groups in total. The Balaban J connectivity index is 3.16. The zero-order valence-electron chi connectivity index (χ0n) is 11.5. The van der Waals surface area contributed by atoms with Crippen molar-refractivity contribution in [2.45, 2.75) is 13.3 Å². The van der Waals surface area contributed by atoms with E-state index in [1.54, 1.807) is 6.07 Å². The smallest absolute Gasteiger partial charge is 0.341 e. The molecule has 0 spiro atoms. The highest BCUT2D eigenvalue weighted by atomic mass is 35.5. The summed E-state index contributed by atoms with van der Waals surface area (Å²) in [6.07, 6.45) is 1.13. The lowest BCUT2D eigenvalue weighted by Gasteiger charge is -2.05. The maximum Gasteiger partial charge on any atom is 0.341 e. The predicted molar refractivity (Wildman–Crippen MR) is 78.0 cm³/mol. The topological polar surface area (TPSA) is 110 Å². The van der Waals surface area contributed by atoms with E-state index >= 15 is 0 Å². The first-order valence-electron chi connectivity index (χ1n) is 6.07. The molecular formula is C14H11ClN2O5. The van der Waals surface area contributed by atoms with Gasteiger partial charge in [-0.3, -0.25) is 14.9 Å². The molecule has 0 radical (unpaired) electrons. The number of nitro groups is 1. The summed E-state index contributed by atoms with van der Waals surface area (Å²) in [7, 11) is 0. The molecule has 0 aromatic heterocycles. The summed E-state index contributed by atoms with van der Waals surface area (Å²) in [6, 6.07) is 5.44. The summed E-state index contributed by atoms with van der Waals surface area (Å²) in [5.41, 5.74) is -0.380. The summed E-state index contributed by atoms with van der Waals surface area (Å²) in [5.74, 6) is -1.49. The number of nitrogens with zero attached hydrogens (tertiary/aromatic N) is 2. The third-order valence-electron chi connectivity index (χ3n) is 2.54. The number of carbonyl (C=O) groups is 2. The monoisotopic (exact) mass is 322 g/mol. The number of benzene rings is 1. The molecule has 1 rings (SSSR count). The number of esters is 1. The molecule has 0 heterocycles. The van der Waals surface area contributed by atoms with Crippen molar-refractivity contribution >= 4 is 35.1 Å². The number of nitriles is 1. The van der Waals surface area contributed by atoms with Gasteiger partial charge in [0.25, 0.3) is 5.69 Å². The van der Waals surface area contributed by atoms with Crippen molar-refractivity contribution in [1.82, 2.24) is 0 Å². The number of Topliss-reactive ketones (excluding diaryl/α,β-unsaturated/α-hetero) is 1. The highest BCUT2D eigenvalue weighted by Crippen LogP contribution is 2.24. The van der Waals surface area contributed by atoms with Gasteiger partial charge in [0.15, 0.2) is 5.78 Å². The van der Waals surface area contributed by atoms with Gasteiger partial charge in [-0.1, -0.05) is 11.6 Å². The van der Waals surface area contributed by atoms with Gasteiger partial charge in [-0.05, 0) is 19.1 Å². The van der Waals surface area contributed by atoms with E-state index in [2.05, 4.69) is 0 Å². The first-order valence-corrected chi connectivity index (χ1v) is 6.45. The second-order valence-electron chi connectivity index (χ2n) is 4.12. The van der Waals surface area contributed by atoms with E-state index in [0.717, 1.165) is 19.1 Å². The molecule has 8 heteroatoms. The Morgan fingerprint density at radius 2 is 2.18 bits per heavy atom. The molecule has 0 aliphatic heterocycles. The second-order valence-corrected chi connectivity index (χ2v) is 4.53. The largest absolute Gasteiger partial charge is 0.461 e. The summed E-state index contributed by atoms with van der Waals surface area (Å²) in [6.45, 7) is 1.01. The Morgan fingerprint density at radius 1 is 1.50 bits per heavy atom. The lowest BCUT2D eigenvalue weighted by molar-refractivity contribution is -0.384. The van der Waals surface area contributed by atoms with Crippen molar-refractivity contribution in [2.75, 3.05) is 6.61 Å². The molecule has 0 bridgehead atoms. The van der Waals surface area contributed by atoms with E-state index in [0.29, 0.717) is 0 Å². The summed E-state index contributed by atoms with van der Waals surface area (Å²) >= 11 is 5.91. The van der Waals surface area contributed by atoms with Crippen LogP contribution >= 0.6 is 11.6 Å². The number of hydrogen-bond donors (Lipinski definition) is 0. The maximum atomic E-state index is 11.8. The zero-order valence-corrected chi connectivity index (χ0v) is 12.3. The first-order chi connectivity index (χ1) is 10.4. The summed E-state index contributed by atoms with van der Waals surface area (Å²) in [4.78, 5) is 33.5. The van der Waals surface area contributed by atoms with Crippen molar-refractivity contribution in [3.8, 4) is 6.07 Å². The summed E-state index contributed by atoms with van der Waals surface area (Å²) in [5, 5.41) is 19.3. The van der Waals surface area contributed by atoms with Crippen LogP contribution in [-0.2, 0) is 14.3 Å². The Hall–Kier alpha value is -2.72. The van der Waals surface area contributed by atoms with Crippen LogP contribution in [0.1, 0.15) is 18.9 Å². The Bertz CT molecular complexity index is 691. The third kappa shape index (κ3) is 4.68. The highest BCUT2D eigenvalue weighted by molar-refractivity contribution is 6.32. The molecule has 114 valence electrons. The van der Waals surface area contributed by atoms with Crippen LogP contribution in [0.15, 0.2) is 23.8 Å². The number of halogens is 1. The van der Waals surface area contributed by atoms with E-state index in [4.69, 9.17) is 21.6 Å². The zero-order chi connectivity index (χ0) is 16.7. The highest BCUT2D eigenvalue weighted by Gasteiger charge is 2.18. The fraction of sp³-hybridized carbons (Fsp3) is 0.214. The van der Waals surface area contributed by atoms with Crippen molar-refractivity contribution in [2.24, 2.45) is 0 Å². The van der Waals surface area contributed by atoms with Gasteiger partial charge in [0.2, 0.25) is 0 Å². The maximum absolute atomic E-state index is 11.8. The number of rotatable bonds is 6. The molecule has 22 heavy (non-hydrogen) atoms.